The highest BCUT2D eigenvalue weighted by molar-refractivity contribution is 7.12. The van der Waals surface area contributed by atoms with E-state index in [1.165, 1.54) is 16.9 Å². The zero-order valence-corrected chi connectivity index (χ0v) is 14.7. The van der Waals surface area contributed by atoms with Gasteiger partial charge in [0.25, 0.3) is 5.91 Å². The highest BCUT2D eigenvalue weighted by Gasteiger charge is 2.06. The van der Waals surface area contributed by atoms with Crippen molar-refractivity contribution in [2.75, 3.05) is 24.3 Å². The average molecular weight is 353 g/mol. The van der Waals surface area contributed by atoms with E-state index in [1.807, 2.05) is 35.7 Å². The van der Waals surface area contributed by atoms with Gasteiger partial charge in [-0.3, -0.25) is 4.79 Å². The maximum absolute atomic E-state index is 12.0. The first-order chi connectivity index (χ1) is 12.2. The van der Waals surface area contributed by atoms with Gasteiger partial charge in [0.2, 0.25) is 0 Å². The van der Waals surface area contributed by atoms with Gasteiger partial charge in [0.15, 0.2) is 0 Å². The van der Waals surface area contributed by atoms with E-state index in [1.54, 1.807) is 19.4 Å². The molecule has 3 rings (SSSR count). The summed E-state index contributed by atoms with van der Waals surface area (Å²) in [5, 5.41) is 7.99. The molecule has 1 aromatic carbocycles. The van der Waals surface area contributed by atoms with Gasteiger partial charge >= 0.3 is 0 Å². The van der Waals surface area contributed by atoms with Crippen molar-refractivity contribution >= 4 is 28.7 Å². The number of anilines is 2. The molecule has 2 heterocycles. The van der Waals surface area contributed by atoms with Crippen LogP contribution in [-0.2, 0) is 6.42 Å². The molecule has 25 heavy (non-hydrogen) atoms. The Morgan fingerprint density at radius 2 is 2.00 bits per heavy atom. The predicted molar refractivity (Wildman–Crippen MR) is 102 cm³/mol. The van der Waals surface area contributed by atoms with E-state index in [-0.39, 0.29) is 5.91 Å². The molecule has 0 aliphatic heterocycles. The van der Waals surface area contributed by atoms with Crippen molar-refractivity contribution in [1.82, 2.24) is 4.98 Å². The molecule has 0 radical (unpaired) electrons. The third-order valence-electron chi connectivity index (χ3n) is 3.65. The smallest absolute Gasteiger partial charge is 0.265 e. The van der Waals surface area contributed by atoms with Gasteiger partial charge in [-0.05, 0) is 47.7 Å². The monoisotopic (exact) mass is 353 g/mol. The van der Waals surface area contributed by atoms with Crippen LogP contribution in [0.3, 0.4) is 0 Å². The summed E-state index contributed by atoms with van der Waals surface area (Å²) in [7, 11) is 1.66. The number of carbonyl (C=O) groups is 1. The summed E-state index contributed by atoms with van der Waals surface area (Å²) in [4.78, 5) is 17.0. The Bertz CT molecular complexity index is 800. The second-order valence-corrected chi connectivity index (χ2v) is 6.34. The van der Waals surface area contributed by atoms with E-state index >= 15 is 0 Å². The molecular weight excluding hydrogens is 334 g/mol. The van der Waals surface area contributed by atoms with Crippen LogP contribution in [0.15, 0.2) is 60.1 Å². The Kier molecular flexibility index (Phi) is 5.64. The minimum atomic E-state index is -0.114. The van der Waals surface area contributed by atoms with Crippen molar-refractivity contribution in [1.29, 1.82) is 0 Å². The number of hydrogen-bond acceptors (Lipinski definition) is 5. The molecule has 0 atom stereocenters. The lowest BCUT2D eigenvalue weighted by Gasteiger charge is -2.08. The number of pyridine rings is 1. The lowest BCUT2D eigenvalue weighted by Crippen LogP contribution is -2.11. The van der Waals surface area contributed by atoms with Crippen molar-refractivity contribution in [2.24, 2.45) is 0 Å². The standard InChI is InChI=1S/C19H19N3O2S/c1-24-16-7-4-14(5-8-16)10-11-20-18-9-6-15(13-21-18)22-19(23)17-3-2-12-25-17/h2-9,12-13H,10-11H2,1H3,(H,20,21)(H,22,23). The Morgan fingerprint density at radius 3 is 2.64 bits per heavy atom. The Hall–Kier alpha value is -2.86. The fourth-order valence-corrected chi connectivity index (χ4v) is 2.92. The topological polar surface area (TPSA) is 63.2 Å². The molecule has 0 unspecified atom stereocenters. The van der Waals surface area contributed by atoms with E-state index in [2.05, 4.69) is 27.8 Å². The zero-order chi connectivity index (χ0) is 17.5. The molecule has 0 bridgehead atoms. The van der Waals surface area contributed by atoms with Crippen LogP contribution in [0, 0.1) is 0 Å². The summed E-state index contributed by atoms with van der Waals surface area (Å²) in [6.07, 6.45) is 2.55. The van der Waals surface area contributed by atoms with Crippen molar-refractivity contribution in [3.8, 4) is 5.75 Å². The summed E-state index contributed by atoms with van der Waals surface area (Å²) in [6, 6.07) is 15.4. The molecule has 0 fully saturated rings. The minimum Gasteiger partial charge on any atom is -0.497 e. The number of nitrogens with zero attached hydrogens (tertiary/aromatic N) is 1. The fourth-order valence-electron chi connectivity index (χ4n) is 2.30. The first-order valence-corrected chi connectivity index (χ1v) is 8.80. The van der Waals surface area contributed by atoms with Crippen LogP contribution < -0.4 is 15.4 Å². The molecule has 128 valence electrons. The number of thiophene rings is 1. The predicted octanol–water partition coefficient (Wildman–Crippen LogP) is 4.06. The molecule has 0 spiro atoms. The maximum atomic E-state index is 12.0. The van der Waals surface area contributed by atoms with Crippen LogP contribution >= 0.6 is 11.3 Å². The van der Waals surface area contributed by atoms with E-state index < -0.39 is 0 Å². The number of amides is 1. The number of benzene rings is 1. The summed E-state index contributed by atoms with van der Waals surface area (Å²) >= 11 is 1.41. The van der Waals surface area contributed by atoms with Gasteiger partial charge in [-0.15, -0.1) is 11.3 Å². The third kappa shape index (κ3) is 4.81. The second kappa shape index (κ2) is 8.30. The summed E-state index contributed by atoms with van der Waals surface area (Å²) in [5.41, 5.74) is 1.91. The molecule has 0 saturated heterocycles. The van der Waals surface area contributed by atoms with Gasteiger partial charge < -0.3 is 15.4 Å². The van der Waals surface area contributed by atoms with E-state index in [4.69, 9.17) is 4.74 Å². The average Bonchev–Trinajstić information content (AvgIpc) is 3.19. The van der Waals surface area contributed by atoms with Crippen LogP contribution in [-0.4, -0.2) is 24.5 Å². The number of rotatable bonds is 7. The quantitative estimate of drug-likeness (QED) is 0.672. The van der Waals surface area contributed by atoms with Crippen molar-refractivity contribution < 1.29 is 9.53 Å². The zero-order valence-electron chi connectivity index (χ0n) is 13.9. The number of carbonyl (C=O) groups excluding carboxylic acids is 1. The Morgan fingerprint density at radius 1 is 1.16 bits per heavy atom. The van der Waals surface area contributed by atoms with Crippen LogP contribution in [0.4, 0.5) is 11.5 Å². The van der Waals surface area contributed by atoms with Crippen LogP contribution in [0.2, 0.25) is 0 Å². The maximum Gasteiger partial charge on any atom is 0.265 e. The lowest BCUT2D eigenvalue weighted by molar-refractivity contribution is 0.103. The molecule has 5 nitrogen and oxygen atoms in total. The molecule has 0 aliphatic rings. The molecular formula is C19H19N3O2S. The Labute approximate surface area is 150 Å². The van der Waals surface area contributed by atoms with Crippen LogP contribution in [0.1, 0.15) is 15.2 Å². The highest BCUT2D eigenvalue weighted by atomic mass is 32.1. The van der Waals surface area contributed by atoms with Crippen LogP contribution in [0.25, 0.3) is 0 Å². The van der Waals surface area contributed by atoms with E-state index in [0.29, 0.717) is 10.6 Å². The lowest BCUT2D eigenvalue weighted by atomic mass is 10.1. The molecule has 6 heteroatoms. The summed E-state index contributed by atoms with van der Waals surface area (Å²) in [5.74, 6) is 1.53. The molecule has 0 saturated carbocycles. The van der Waals surface area contributed by atoms with Gasteiger partial charge in [-0.2, -0.15) is 0 Å². The van der Waals surface area contributed by atoms with E-state index in [0.717, 1.165) is 24.5 Å². The molecule has 2 aromatic heterocycles. The van der Waals surface area contributed by atoms with Gasteiger partial charge in [-0.1, -0.05) is 18.2 Å². The SMILES string of the molecule is COc1ccc(CCNc2ccc(NC(=O)c3cccs3)cn2)cc1. The van der Waals surface area contributed by atoms with E-state index in [9.17, 15) is 4.79 Å². The first-order valence-electron chi connectivity index (χ1n) is 7.92. The van der Waals surface area contributed by atoms with Gasteiger partial charge in [0.1, 0.15) is 11.6 Å². The normalized spacial score (nSPS) is 10.3. The number of ether oxygens (including phenoxy) is 1. The minimum absolute atomic E-state index is 0.114. The second-order valence-electron chi connectivity index (χ2n) is 5.39. The molecule has 0 aliphatic carbocycles. The summed E-state index contributed by atoms with van der Waals surface area (Å²) < 4.78 is 5.15. The molecule has 3 aromatic rings. The van der Waals surface area contributed by atoms with Crippen LogP contribution in [0.5, 0.6) is 5.75 Å². The number of aromatic nitrogens is 1. The molecule has 1 amide bonds. The first kappa shape index (κ1) is 17.0. The Balaban J connectivity index is 1.48. The van der Waals surface area contributed by atoms with Gasteiger partial charge in [0.05, 0.1) is 23.9 Å². The fraction of sp³-hybridized carbons (Fsp3) is 0.158. The number of methoxy groups -OCH3 is 1. The van der Waals surface area contributed by atoms with Gasteiger partial charge in [-0.25, -0.2) is 4.98 Å². The molecule has 2 N–H and O–H groups in total. The van der Waals surface area contributed by atoms with Gasteiger partial charge in [0, 0.05) is 6.54 Å². The third-order valence-corrected chi connectivity index (χ3v) is 4.51. The number of hydrogen-bond donors (Lipinski definition) is 2. The van der Waals surface area contributed by atoms with Crippen molar-refractivity contribution in [2.45, 2.75) is 6.42 Å². The number of nitrogens with one attached hydrogen (secondary N) is 2. The van der Waals surface area contributed by atoms with Crippen molar-refractivity contribution in [3.63, 3.8) is 0 Å². The summed E-state index contributed by atoms with van der Waals surface area (Å²) in [6.45, 7) is 0.778. The highest BCUT2D eigenvalue weighted by Crippen LogP contribution is 2.15. The largest absolute Gasteiger partial charge is 0.497 e. The van der Waals surface area contributed by atoms with Crippen molar-refractivity contribution in [3.05, 3.63) is 70.5 Å².